The van der Waals surface area contributed by atoms with Gasteiger partial charge in [-0.3, -0.25) is 24.5 Å². The van der Waals surface area contributed by atoms with Crippen LogP contribution < -0.4 is 0 Å². The molecule has 2 atom stereocenters. The summed E-state index contributed by atoms with van der Waals surface area (Å²) in [5.41, 5.74) is 2.15. The Hall–Kier alpha value is -2.09. The summed E-state index contributed by atoms with van der Waals surface area (Å²) in [5.74, 6) is -0.237. The van der Waals surface area contributed by atoms with E-state index in [0.29, 0.717) is 30.8 Å². The van der Waals surface area contributed by atoms with Crippen molar-refractivity contribution in [1.82, 2.24) is 14.9 Å². The zero-order chi connectivity index (χ0) is 21.1. The lowest BCUT2D eigenvalue weighted by atomic mass is 9.93. The standard InChI is InChI=1S/C23H24FN3O2S.ClH/c1-15(28)30-21-8-11-27(14-17(21)12-18-13-25-9-10-26-18)22(23(29)16-6-7-16)19-4-2-3-5-20(19)24;/h2-5,9-10,12-13,16,21-22H,6-8,11,14H2,1H3;1H/b17-12+;. The number of aromatic nitrogens is 2. The number of halogens is 2. The SMILES string of the molecule is CC(=O)SC1CCN(C(C(=O)C2CC2)c2ccccc2F)C/C1=C\c1cnccn1.Cl. The van der Waals surface area contributed by atoms with E-state index >= 15 is 0 Å². The van der Waals surface area contributed by atoms with Crippen LogP contribution in [0.3, 0.4) is 0 Å². The highest BCUT2D eigenvalue weighted by Gasteiger charge is 2.41. The maximum atomic E-state index is 14.7. The molecule has 0 N–H and O–H groups in total. The molecule has 1 aliphatic heterocycles. The van der Waals surface area contributed by atoms with E-state index in [9.17, 15) is 14.0 Å². The second-order valence-electron chi connectivity index (χ2n) is 7.81. The lowest BCUT2D eigenvalue weighted by Gasteiger charge is -2.38. The van der Waals surface area contributed by atoms with Gasteiger partial charge in [-0.15, -0.1) is 12.4 Å². The number of likely N-dealkylation sites (tertiary alicyclic amines) is 1. The summed E-state index contributed by atoms with van der Waals surface area (Å²) in [6.45, 7) is 2.68. The Morgan fingerprint density at radius 3 is 2.65 bits per heavy atom. The molecule has 31 heavy (non-hydrogen) atoms. The number of ketones is 1. The van der Waals surface area contributed by atoms with E-state index in [1.807, 2.05) is 6.08 Å². The van der Waals surface area contributed by atoms with Crippen LogP contribution >= 0.6 is 24.2 Å². The first-order valence-electron chi connectivity index (χ1n) is 10.2. The van der Waals surface area contributed by atoms with Crippen LogP contribution in [-0.2, 0) is 9.59 Å². The van der Waals surface area contributed by atoms with Crippen molar-refractivity contribution >= 4 is 41.1 Å². The highest BCUT2D eigenvalue weighted by atomic mass is 35.5. The number of carbonyl (C=O) groups excluding carboxylic acids is 2. The Morgan fingerprint density at radius 1 is 1.23 bits per heavy atom. The zero-order valence-corrected chi connectivity index (χ0v) is 18.9. The van der Waals surface area contributed by atoms with Crippen molar-refractivity contribution in [3.05, 3.63) is 65.5 Å². The largest absolute Gasteiger partial charge is 0.297 e. The molecule has 164 valence electrons. The van der Waals surface area contributed by atoms with Crippen molar-refractivity contribution in [3.8, 4) is 0 Å². The van der Waals surface area contributed by atoms with Gasteiger partial charge in [-0.25, -0.2) is 4.39 Å². The van der Waals surface area contributed by atoms with Gasteiger partial charge in [0, 0.05) is 49.1 Å². The Labute approximate surface area is 191 Å². The fourth-order valence-corrected chi connectivity index (χ4v) is 4.89. The Kier molecular flexibility index (Phi) is 7.97. The number of nitrogens with zero attached hydrogens (tertiary/aromatic N) is 3. The predicted molar refractivity (Wildman–Crippen MR) is 122 cm³/mol. The Bertz CT molecular complexity index is 968. The summed E-state index contributed by atoms with van der Waals surface area (Å²) >= 11 is 1.30. The molecule has 8 heteroatoms. The summed E-state index contributed by atoms with van der Waals surface area (Å²) in [7, 11) is 0. The molecule has 0 radical (unpaired) electrons. The van der Waals surface area contributed by atoms with E-state index in [1.54, 1.807) is 43.7 Å². The first-order chi connectivity index (χ1) is 14.5. The van der Waals surface area contributed by atoms with Crippen LogP contribution in [0.15, 0.2) is 48.4 Å². The van der Waals surface area contributed by atoms with Crippen molar-refractivity contribution in [2.75, 3.05) is 13.1 Å². The average molecular weight is 462 g/mol. The molecule has 4 rings (SSSR count). The van der Waals surface area contributed by atoms with Crippen LogP contribution in [0.5, 0.6) is 0 Å². The third-order valence-electron chi connectivity index (χ3n) is 5.52. The van der Waals surface area contributed by atoms with Gasteiger partial charge in [-0.1, -0.05) is 30.0 Å². The lowest BCUT2D eigenvalue weighted by Crippen LogP contribution is -2.43. The molecule has 2 heterocycles. The highest BCUT2D eigenvalue weighted by molar-refractivity contribution is 8.14. The molecule has 1 aromatic carbocycles. The highest BCUT2D eigenvalue weighted by Crippen LogP contribution is 2.40. The number of thioether (sulfide) groups is 1. The summed E-state index contributed by atoms with van der Waals surface area (Å²) in [5, 5.41) is 0.0660. The third kappa shape index (κ3) is 5.79. The van der Waals surface area contributed by atoms with Crippen molar-refractivity contribution in [3.63, 3.8) is 0 Å². The van der Waals surface area contributed by atoms with Crippen LogP contribution in [0.25, 0.3) is 6.08 Å². The van der Waals surface area contributed by atoms with Gasteiger partial charge in [0.25, 0.3) is 0 Å². The molecule has 1 saturated carbocycles. The van der Waals surface area contributed by atoms with Gasteiger partial charge in [0.05, 0.1) is 17.9 Å². The monoisotopic (exact) mass is 461 g/mol. The molecule has 2 aliphatic rings. The smallest absolute Gasteiger partial charge is 0.186 e. The normalized spacial score (nSPS) is 21.4. The third-order valence-corrected chi connectivity index (χ3v) is 6.67. The van der Waals surface area contributed by atoms with Crippen LogP contribution in [-0.4, -0.2) is 44.1 Å². The predicted octanol–water partition coefficient (Wildman–Crippen LogP) is 4.50. The fourth-order valence-electron chi connectivity index (χ4n) is 3.97. The van der Waals surface area contributed by atoms with Crippen LogP contribution in [0.2, 0.25) is 0 Å². The summed E-state index contributed by atoms with van der Waals surface area (Å²) in [4.78, 5) is 35.4. The topological polar surface area (TPSA) is 63.2 Å². The molecule has 0 amide bonds. The number of piperidine rings is 1. The zero-order valence-electron chi connectivity index (χ0n) is 17.2. The Morgan fingerprint density at radius 2 is 2.00 bits per heavy atom. The lowest BCUT2D eigenvalue weighted by molar-refractivity contribution is -0.126. The second kappa shape index (κ2) is 10.5. The van der Waals surface area contributed by atoms with Gasteiger partial charge in [-0.2, -0.15) is 0 Å². The van der Waals surface area contributed by atoms with Crippen molar-refractivity contribution in [2.45, 2.75) is 37.5 Å². The summed E-state index contributed by atoms with van der Waals surface area (Å²) in [6, 6.07) is 5.94. The van der Waals surface area contributed by atoms with E-state index in [0.717, 1.165) is 18.4 Å². The van der Waals surface area contributed by atoms with E-state index in [-0.39, 0.29) is 40.3 Å². The van der Waals surface area contributed by atoms with Gasteiger partial charge in [-0.05, 0) is 37.0 Å². The van der Waals surface area contributed by atoms with Crippen molar-refractivity contribution in [1.29, 1.82) is 0 Å². The first kappa shape index (κ1) is 23.6. The van der Waals surface area contributed by atoms with Gasteiger partial charge < -0.3 is 0 Å². The summed E-state index contributed by atoms with van der Waals surface area (Å²) in [6.07, 6.45) is 9.31. The molecular formula is C23H25ClFN3O2S. The molecule has 5 nitrogen and oxygen atoms in total. The van der Waals surface area contributed by atoms with Crippen molar-refractivity contribution < 1.29 is 14.0 Å². The molecular weight excluding hydrogens is 437 g/mol. The minimum absolute atomic E-state index is 0. The Balaban J connectivity index is 0.00000272. The first-order valence-corrected chi connectivity index (χ1v) is 11.1. The van der Waals surface area contributed by atoms with Gasteiger partial charge in [0.2, 0.25) is 0 Å². The minimum Gasteiger partial charge on any atom is -0.297 e. The number of Topliss-reactive ketones (excluding diaryl/α,β-unsaturated/α-hetero) is 1. The molecule has 1 aromatic heterocycles. The average Bonchev–Trinajstić information content (AvgIpc) is 3.57. The second-order valence-corrected chi connectivity index (χ2v) is 9.19. The molecule has 0 spiro atoms. The van der Waals surface area contributed by atoms with Crippen molar-refractivity contribution in [2.24, 2.45) is 5.92 Å². The van der Waals surface area contributed by atoms with Crippen LogP contribution in [0, 0.1) is 11.7 Å². The minimum atomic E-state index is -0.604. The van der Waals surface area contributed by atoms with Gasteiger partial charge >= 0.3 is 0 Å². The summed E-state index contributed by atoms with van der Waals surface area (Å²) < 4.78 is 14.7. The number of hydrogen-bond donors (Lipinski definition) is 0. The van der Waals surface area contributed by atoms with E-state index < -0.39 is 6.04 Å². The van der Waals surface area contributed by atoms with E-state index in [4.69, 9.17) is 0 Å². The van der Waals surface area contributed by atoms with Crippen LogP contribution in [0.1, 0.15) is 43.5 Å². The van der Waals surface area contributed by atoms with E-state index in [2.05, 4.69) is 14.9 Å². The van der Waals surface area contributed by atoms with Gasteiger partial charge in [0.15, 0.2) is 10.9 Å². The maximum absolute atomic E-state index is 14.7. The van der Waals surface area contributed by atoms with Gasteiger partial charge in [0.1, 0.15) is 5.82 Å². The number of hydrogen-bond acceptors (Lipinski definition) is 6. The van der Waals surface area contributed by atoms with Crippen LogP contribution in [0.4, 0.5) is 4.39 Å². The molecule has 2 fully saturated rings. The molecule has 1 aliphatic carbocycles. The number of carbonyl (C=O) groups is 2. The fraction of sp³-hybridized carbons (Fsp3) is 0.391. The number of benzene rings is 1. The quantitative estimate of drug-likeness (QED) is 0.631. The van der Waals surface area contributed by atoms with E-state index in [1.165, 1.54) is 17.8 Å². The molecule has 2 aromatic rings. The molecule has 1 saturated heterocycles. The maximum Gasteiger partial charge on any atom is 0.186 e. The number of rotatable bonds is 6. The molecule has 0 bridgehead atoms. The molecule has 2 unspecified atom stereocenters.